The standard InChI is InChI=1S/C5H7N3O4/c6-4(9)1-2-7-5(10)3-8(11)12/h1-3,7,10H,(H2,6,9)/b2-1?,5-3-. The number of nitrogens with two attached hydrogens (primary N) is 1. The van der Waals surface area contributed by atoms with Crippen molar-refractivity contribution < 1.29 is 14.8 Å². The van der Waals surface area contributed by atoms with Crippen molar-refractivity contribution in [3.05, 3.63) is 34.5 Å². The summed E-state index contributed by atoms with van der Waals surface area (Å²) in [4.78, 5) is 18.9. The summed E-state index contributed by atoms with van der Waals surface area (Å²) >= 11 is 0. The molecule has 0 aliphatic rings. The number of primary amides is 1. The fourth-order valence-corrected chi connectivity index (χ4v) is 0.346. The van der Waals surface area contributed by atoms with Crippen LogP contribution in [-0.4, -0.2) is 15.9 Å². The summed E-state index contributed by atoms with van der Waals surface area (Å²) in [6, 6.07) is 0. The predicted octanol–water partition coefficient (Wildman–Crippen LogP) is -0.791. The first-order chi connectivity index (χ1) is 5.52. The van der Waals surface area contributed by atoms with Crippen LogP contribution in [0.3, 0.4) is 0 Å². The summed E-state index contributed by atoms with van der Waals surface area (Å²) in [5.41, 5.74) is 4.68. The van der Waals surface area contributed by atoms with Crippen LogP contribution >= 0.6 is 0 Å². The molecule has 4 N–H and O–H groups in total. The van der Waals surface area contributed by atoms with Gasteiger partial charge in [-0.25, -0.2) is 0 Å². The van der Waals surface area contributed by atoms with E-state index in [0.29, 0.717) is 6.20 Å². The van der Waals surface area contributed by atoms with Crippen molar-refractivity contribution >= 4 is 5.91 Å². The SMILES string of the molecule is NC(=O)C=CN/C(O)=C/[N+](=O)[O-]. The first-order valence-corrected chi connectivity index (χ1v) is 2.79. The number of nitrogens with one attached hydrogen (secondary N) is 1. The molecule has 0 fully saturated rings. The number of hydrogen-bond acceptors (Lipinski definition) is 5. The molecule has 0 radical (unpaired) electrons. The Morgan fingerprint density at radius 2 is 2.25 bits per heavy atom. The zero-order chi connectivity index (χ0) is 9.56. The summed E-state index contributed by atoms with van der Waals surface area (Å²) in [6.07, 6.45) is 2.23. The lowest BCUT2D eigenvalue weighted by Crippen LogP contribution is -2.10. The highest BCUT2D eigenvalue weighted by Gasteiger charge is 1.94. The Labute approximate surface area is 67.3 Å². The van der Waals surface area contributed by atoms with Gasteiger partial charge < -0.3 is 16.2 Å². The van der Waals surface area contributed by atoms with Crippen LogP contribution in [0.25, 0.3) is 0 Å². The lowest BCUT2D eigenvalue weighted by atomic mass is 10.6. The second-order valence-corrected chi connectivity index (χ2v) is 1.68. The lowest BCUT2D eigenvalue weighted by molar-refractivity contribution is -0.405. The van der Waals surface area contributed by atoms with Crippen molar-refractivity contribution in [1.29, 1.82) is 0 Å². The third kappa shape index (κ3) is 6.08. The van der Waals surface area contributed by atoms with E-state index in [2.05, 4.69) is 5.73 Å². The van der Waals surface area contributed by atoms with Crippen LogP contribution in [0.1, 0.15) is 0 Å². The van der Waals surface area contributed by atoms with Gasteiger partial charge in [-0.1, -0.05) is 0 Å². The molecule has 0 aromatic rings. The van der Waals surface area contributed by atoms with E-state index in [0.717, 1.165) is 12.3 Å². The first-order valence-electron chi connectivity index (χ1n) is 2.79. The van der Waals surface area contributed by atoms with Gasteiger partial charge in [-0.2, -0.15) is 0 Å². The minimum absolute atomic E-state index is 0.339. The Kier molecular flexibility index (Phi) is 3.91. The number of carbonyl (C=O) groups excluding carboxylic acids is 1. The summed E-state index contributed by atoms with van der Waals surface area (Å²) in [5, 5.41) is 20.4. The molecule has 0 bridgehead atoms. The summed E-state index contributed by atoms with van der Waals surface area (Å²) in [6.45, 7) is 0. The number of rotatable bonds is 4. The van der Waals surface area contributed by atoms with Crippen LogP contribution in [0.4, 0.5) is 0 Å². The van der Waals surface area contributed by atoms with E-state index in [1.807, 2.05) is 5.32 Å². The molecular formula is C5H7N3O4. The Balaban J connectivity index is 3.94. The molecule has 66 valence electrons. The van der Waals surface area contributed by atoms with E-state index in [1.165, 1.54) is 0 Å². The highest BCUT2D eigenvalue weighted by atomic mass is 16.6. The Hall–Kier alpha value is -2.05. The molecule has 0 aromatic carbocycles. The van der Waals surface area contributed by atoms with Crippen LogP contribution in [0.2, 0.25) is 0 Å². The van der Waals surface area contributed by atoms with Gasteiger partial charge in [0, 0.05) is 12.3 Å². The number of carbonyl (C=O) groups is 1. The van der Waals surface area contributed by atoms with Gasteiger partial charge in [-0.05, 0) is 0 Å². The van der Waals surface area contributed by atoms with Crippen LogP contribution < -0.4 is 11.1 Å². The molecule has 0 heterocycles. The smallest absolute Gasteiger partial charge is 0.293 e. The third-order valence-electron chi connectivity index (χ3n) is 0.707. The van der Waals surface area contributed by atoms with Crippen molar-refractivity contribution in [3.63, 3.8) is 0 Å². The molecule has 0 aliphatic carbocycles. The molecule has 7 heteroatoms. The van der Waals surface area contributed by atoms with Crippen LogP contribution in [0.5, 0.6) is 0 Å². The highest BCUT2D eigenvalue weighted by molar-refractivity contribution is 5.85. The average Bonchev–Trinajstić information content (AvgIpc) is 1.84. The number of nitro groups is 1. The molecule has 0 aliphatic heterocycles. The van der Waals surface area contributed by atoms with E-state index in [1.54, 1.807) is 0 Å². The first kappa shape index (κ1) is 9.95. The lowest BCUT2D eigenvalue weighted by Gasteiger charge is -1.92. The van der Waals surface area contributed by atoms with Gasteiger partial charge in [0.25, 0.3) is 12.1 Å². The van der Waals surface area contributed by atoms with Gasteiger partial charge in [-0.15, -0.1) is 0 Å². The van der Waals surface area contributed by atoms with E-state index < -0.39 is 16.7 Å². The van der Waals surface area contributed by atoms with Crippen molar-refractivity contribution in [1.82, 2.24) is 5.32 Å². The zero-order valence-electron chi connectivity index (χ0n) is 5.93. The van der Waals surface area contributed by atoms with Crippen molar-refractivity contribution in [2.24, 2.45) is 5.73 Å². The minimum Gasteiger partial charge on any atom is -0.490 e. The number of aliphatic hydroxyl groups excluding tert-OH is 1. The second kappa shape index (κ2) is 4.72. The Morgan fingerprint density at radius 3 is 2.67 bits per heavy atom. The Morgan fingerprint density at radius 1 is 1.67 bits per heavy atom. The van der Waals surface area contributed by atoms with Gasteiger partial charge in [0.05, 0.1) is 4.92 Å². The van der Waals surface area contributed by atoms with E-state index in [-0.39, 0.29) is 0 Å². The molecule has 7 nitrogen and oxygen atoms in total. The van der Waals surface area contributed by atoms with Gasteiger partial charge >= 0.3 is 0 Å². The fraction of sp³-hybridized carbons (Fsp3) is 0. The normalized spacial score (nSPS) is 11.5. The molecule has 0 aromatic heterocycles. The van der Waals surface area contributed by atoms with Crippen LogP contribution in [0.15, 0.2) is 24.4 Å². The molecule has 0 unspecified atom stereocenters. The maximum atomic E-state index is 10.1. The molecule has 0 saturated heterocycles. The van der Waals surface area contributed by atoms with Crippen molar-refractivity contribution in [2.45, 2.75) is 0 Å². The molecule has 12 heavy (non-hydrogen) atoms. The van der Waals surface area contributed by atoms with Crippen LogP contribution in [-0.2, 0) is 4.79 Å². The molecule has 0 saturated carbocycles. The van der Waals surface area contributed by atoms with Gasteiger partial charge in [0.15, 0.2) is 0 Å². The zero-order valence-corrected chi connectivity index (χ0v) is 5.93. The second-order valence-electron chi connectivity index (χ2n) is 1.68. The monoisotopic (exact) mass is 173 g/mol. The maximum absolute atomic E-state index is 10.1. The van der Waals surface area contributed by atoms with Crippen molar-refractivity contribution in [2.75, 3.05) is 0 Å². The summed E-state index contributed by atoms with van der Waals surface area (Å²) < 4.78 is 0. The predicted molar refractivity (Wildman–Crippen MR) is 39.2 cm³/mol. The van der Waals surface area contributed by atoms with E-state index in [9.17, 15) is 14.9 Å². The Bertz CT molecular complexity index is 245. The van der Waals surface area contributed by atoms with E-state index >= 15 is 0 Å². The summed E-state index contributed by atoms with van der Waals surface area (Å²) in [5.74, 6) is -1.41. The van der Waals surface area contributed by atoms with Crippen LogP contribution in [0, 0.1) is 10.1 Å². The van der Waals surface area contributed by atoms with Gasteiger partial charge in [-0.3, -0.25) is 14.9 Å². The molecule has 0 spiro atoms. The third-order valence-corrected chi connectivity index (χ3v) is 0.707. The largest absolute Gasteiger partial charge is 0.490 e. The number of nitrogens with zero attached hydrogens (tertiary/aromatic N) is 1. The van der Waals surface area contributed by atoms with Crippen molar-refractivity contribution in [3.8, 4) is 0 Å². The fourth-order valence-electron chi connectivity index (χ4n) is 0.346. The maximum Gasteiger partial charge on any atom is 0.293 e. The van der Waals surface area contributed by atoms with E-state index in [4.69, 9.17) is 5.11 Å². The highest BCUT2D eigenvalue weighted by Crippen LogP contribution is 1.81. The minimum atomic E-state index is -0.847. The molecule has 0 rings (SSSR count). The quantitative estimate of drug-likeness (QED) is 0.223. The van der Waals surface area contributed by atoms with Gasteiger partial charge in [0.2, 0.25) is 5.91 Å². The topological polar surface area (TPSA) is 118 Å². The summed E-state index contributed by atoms with van der Waals surface area (Å²) in [7, 11) is 0. The average molecular weight is 173 g/mol. The molecular weight excluding hydrogens is 166 g/mol. The molecule has 0 atom stereocenters. The van der Waals surface area contributed by atoms with Gasteiger partial charge in [0.1, 0.15) is 0 Å². The number of aliphatic hydroxyl groups is 1. The molecule has 1 amide bonds. The number of amides is 1. The number of hydrogen-bond donors (Lipinski definition) is 3.